The first-order chi connectivity index (χ1) is 8.79. The largest absolute Gasteiger partial charge is 0.319 e. The lowest BCUT2D eigenvalue weighted by atomic mass is 9.93. The standard InChI is InChI=1S/C15H18FNS/c1-17-10-13(8-12-6-7-18-11-12)9-14-4-2-3-5-15(14)16/h2-7,11,13,17H,8-10H2,1H3. The number of nitrogens with one attached hydrogen (secondary N) is 1. The van der Waals surface area contributed by atoms with E-state index in [4.69, 9.17) is 0 Å². The molecule has 1 heterocycles. The Morgan fingerprint density at radius 1 is 1.22 bits per heavy atom. The molecule has 2 aromatic rings. The fourth-order valence-electron chi connectivity index (χ4n) is 2.22. The van der Waals surface area contributed by atoms with Crippen molar-refractivity contribution in [2.24, 2.45) is 5.92 Å². The van der Waals surface area contributed by atoms with Crippen molar-refractivity contribution in [2.75, 3.05) is 13.6 Å². The summed E-state index contributed by atoms with van der Waals surface area (Å²) in [6.07, 6.45) is 1.78. The molecule has 0 spiro atoms. The third kappa shape index (κ3) is 3.65. The number of hydrogen-bond acceptors (Lipinski definition) is 2. The summed E-state index contributed by atoms with van der Waals surface area (Å²) in [6, 6.07) is 9.21. The van der Waals surface area contributed by atoms with Gasteiger partial charge in [0.1, 0.15) is 5.82 Å². The third-order valence-electron chi connectivity index (χ3n) is 3.06. The number of rotatable bonds is 6. The van der Waals surface area contributed by atoms with E-state index in [1.165, 1.54) is 11.6 Å². The van der Waals surface area contributed by atoms with Gasteiger partial charge in [-0.2, -0.15) is 11.3 Å². The molecule has 1 aromatic heterocycles. The average Bonchev–Trinajstić information content (AvgIpc) is 2.85. The van der Waals surface area contributed by atoms with Crippen molar-refractivity contribution >= 4 is 11.3 Å². The first kappa shape index (κ1) is 13.2. The molecule has 96 valence electrons. The Bertz CT molecular complexity index is 467. The van der Waals surface area contributed by atoms with Crippen molar-refractivity contribution in [1.82, 2.24) is 5.32 Å². The van der Waals surface area contributed by atoms with Crippen molar-refractivity contribution in [3.8, 4) is 0 Å². The van der Waals surface area contributed by atoms with Gasteiger partial charge in [0.25, 0.3) is 0 Å². The van der Waals surface area contributed by atoms with E-state index in [0.717, 1.165) is 24.9 Å². The van der Waals surface area contributed by atoms with Crippen LogP contribution < -0.4 is 5.32 Å². The van der Waals surface area contributed by atoms with Crippen LogP contribution in [0.25, 0.3) is 0 Å². The Hall–Kier alpha value is -1.19. The second-order valence-electron chi connectivity index (χ2n) is 4.55. The topological polar surface area (TPSA) is 12.0 Å². The maximum Gasteiger partial charge on any atom is 0.126 e. The smallest absolute Gasteiger partial charge is 0.126 e. The average molecular weight is 263 g/mol. The summed E-state index contributed by atoms with van der Waals surface area (Å²) in [5, 5.41) is 7.46. The van der Waals surface area contributed by atoms with Crippen LogP contribution in [-0.2, 0) is 12.8 Å². The molecule has 0 saturated heterocycles. The minimum Gasteiger partial charge on any atom is -0.319 e. The maximum absolute atomic E-state index is 13.7. The van der Waals surface area contributed by atoms with Crippen LogP contribution in [0.15, 0.2) is 41.1 Å². The molecule has 0 fully saturated rings. The molecule has 0 amide bonds. The van der Waals surface area contributed by atoms with E-state index < -0.39 is 0 Å². The molecule has 0 aliphatic rings. The molecule has 0 saturated carbocycles. The zero-order valence-electron chi connectivity index (χ0n) is 10.5. The van der Waals surface area contributed by atoms with Crippen LogP contribution in [0.5, 0.6) is 0 Å². The van der Waals surface area contributed by atoms with Gasteiger partial charge in [-0.25, -0.2) is 4.39 Å². The Balaban J connectivity index is 2.04. The summed E-state index contributed by atoms with van der Waals surface area (Å²) in [6.45, 7) is 0.907. The number of halogens is 1. The molecular formula is C15H18FNS. The quantitative estimate of drug-likeness (QED) is 0.841. The van der Waals surface area contributed by atoms with E-state index in [1.54, 1.807) is 17.4 Å². The predicted molar refractivity (Wildman–Crippen MR) is 75.5 cm³/mol. The summed E-state index contributed by atoms with van der Waals surface area (Å²) in [5.74, 6) is 0.338. The molecule has 18 heavy (non-hydrogen) atoms. The molecule has 1 aromatic carbocycles. The number of benzene rings is 1. The van der Waals surface area contributed by atoms with Gasteiger partial charge in [-0.1, -0.05) is 18.2 Å². The molecule has 1 nitrogen and oxygen atoms in total. The molecule has 1 N–H and O–H groups in total. The Labute approximate surface area is 112 Å². The van der Waals surface area contributed by atoms with Crippen LogP contribution in [0.4, 0.5) is 4.39 Å². The van der Waals surface area contributed by atoms with Gasteiger partial charge in [0.15, 0.2) is 0 Å². The Morgan fingerprint density at radius 3 is 2.72 bits per heavy atom. The Morgan fingerprint density at radius 2 is 2.06 bits per heavy atom. The molecule has 0 bridgehead atoms. The molecule has 1 unspecified atom stereocenters. The van der Waals surface area contributed by atoms with Gasteiger partial charge in [0.2, 0.25) is 0 Å². The lowest BCUT2D eigenvalue weighted by Crippen LogP contribution is -2.23. The molecular weight excluding hydrogens is 245 g/mol. The van der Waals surface area contributed by atoms with Crippen molar-refractivity contribution in [1.29, 1.82) is 0 Å². The summed E-state index contributed by atoms with van der Waals surface area (Å²) in [5.41, 5.74) is 2.16. The van der Waals surface area contributed by atoms with Crippen LogP contribution in [0.2, 0.25) is 0 Å². The first-order valence-corrected chi connectivity index (χ1v) is 7.13. The van der Waals surface area contributed by atoms with E-state index in [9.17, 15) is 4.39 Å². The van der Waals surface area contributed by atoms with Crippen molar-refractivity contribution in [3.63, 3.8) is 0 Å². The van der Waals surface area contributed by atoms with Crippen molar-refractivity contribution in [3.05, 3.63) is 58.0 Å². The van der Waals surface area contributed by atoms with E-state index in [1.807, 2.05) is 19.2 Å². The summed E-state index contributed by atoms with van der Waals surface area (Å²) in [4.78, 5) is 0. The highest BCUT2D eigenvalue weighted by Gasteiger charge is 2.12. The van der Waals surface area contributed by atoms with Crippen molar-refractivity contribution < 1.29 is 4.39 Å². The van der Waals surface area contributed by atoms with Gasteiger partial charge >= 0.3 is 0 Å². The van der Waals surface area contributed by atoms with E-state index >= 15 is 0 Å². The monoisotopic (exact) mass is 263 g/mol. The highest BCUT2D eigenvalue weighted by molar-refractivity contribution is 7.07. The summed E-state index contributed by atoms with van der Waals surface area (Å²) >= 11 is 1.71. The second kappa shape index (κ2) is 6.66. The van der Waals surface area contributed by atoms with Crippen LogP contribution in [0, 0.1) is 11.7 Å². The molecule has 0 aliphatic heterocycles. The van der Waals surface area contributed by atoms with Gasteiger partial charge in [0, 0.05) is 0 Å². The van der Waals surface area contributed by atoms with E-state index in [2.05, 4.69) is 22.1 Å². The summed E-state index contributed by atoms with van der Waals surface area (Å²) in [7, 11) is 1.95. The zero-order chi connectivity index (χ0) is 12.8. The van der Waals surface area contributed by atoms with E-state index in [-0.39, 0.29) is 5.82 Å². The lowest BCUT2D eigenvalue weighted by Gasteiger charge is -2.16. The van der Waals surface area contributed by atoms with Crippen LogP contribution in [-0.4, -0.2) is 13.6 Å². The zero-order valence-corrected chi connectivity index (χ0v) is 11.3. The van der Waals surface area contributed by atoms with Crippen LogP contribution in [0.1, 0.15) is 11.1 Å². The molecule has 3 heteroatoms. The normalized spacial score (nSPS) is 12.6. The minimum absolute atomic E-state index is 0.0936. The first-order valence-electron chi connectivity index (χ1n) is 6.18. The highest BCUT2D eigenvalue weighted by atomic mass is 32.1. The van der Waals surface area contributed by atoms with Crippen LogP contribution in [0.3, 0.4) is 0 Å². The number of thiophene rings is 1. The SMILES string of the molecule is CNCC(Cc1ccsc1)Cc1ccccc1F. The van der Waals surface area contributed by atoms with E-state index in [0.29, 0.717) is 5.92 Å². The van der Waals surface area contributed by atoms with Crippen molar-refractivity contribution in [2.45, 2.75) is 12.8 Å². The third-order valence-corrected chi connectivity index (χ3v) is 3.80. The fourth-order valence-corrected chi connectivity index (χ4v) is 2.90. The minimum atomic E-state index is -0.0936. The molecule has 1 atom stereocenters. The molecule has 0 aliphatic carbocycles. The molecule has 0 radical (unpaired) electrons. The Kier molecular flexibility index (Phi) is 4.90. The van der Waals surface area contributed by atoms with Gasteiger partial charge in [-0.15, -0.1) is 0 Å². The maximum atomic E-state index is 13.7. The highest BCUT2D eigenvalue weighted by Crippen LogP contribution is 2.18. The molecule has 2 rings (SSSR count). The summed E-state index contributed by atoms with van der Waals surface area (Å²) < 4.78 is 13.7. The van der Waals surface area contributed by atoms with Crippen LogP contribution >= 0.6 is 11.3 Å². The van der Waals surface area contributed by atoms with Gasteiger partial charge < -0.3 is 5.32 Å². The van der Waals surface area contributed by atoms with Gasteiger partial charge in [-0.05, 0) is 66.4 Å². The fraction of sp³-hybridized carbons (Fsp3) is 0.333. The lowest BCUT2D eigenvalue weighted by molar-refractivity contribution is 0.480. The van der Waals surface area contributed by atoms with Gasteiger partial charge in [-0.3, -0.25) is 0 Å². The second-order valence-corrected chi connectivity index (χ2v) is 5.33. The predicted octanol–water partition coefficient (Wildman–Crippen LogP) is 3.51. The number of hydrogen-bond donors (Lipinski definition) is 1. The van der Waals surface area contributed by atoms with Gasteiger partial charge in [0.05, 0.1) is 0 Å².